The summed E-state index contributed by atoms with van der Waals surface area (Å²) in [6.45, 7) is 11.8. The molecule has 2 saturated carbocycles. The summed E-state index contributed by atoms with van der Waals surface area (Å²) < 4.78 is 25.2. The Morgan fingerprint density at radius 3 is 2.24 bits per heavy atom. The topological polar surface area (TPSA) is 130 Å². The molecule has 0 saturated heterocycles. The van der Waals surface area contributed by atoms with Gasteiger partial charge in [-0.1, -0.05) is 90.8 Å². The minimum absolute atomic E-state index is 0.0144. The zero-order valence-corrected chi connectivity index (χ0v) is 31.4. The molecule has 2 aliphatic carbocycles. The van der Waals surface area contributed by atoms with Crippen molar-refractivity contribution >= 4 is 25.7 Å². The van der Waals surface area contributed by atoms with E-state index in [0.717, 1.165) is 63.1 Å². The first-order valence-electron chi connectivity index (χ1n) is 18.3. The molecule has 12 heteroatoms. The van der Waals surface area contributed by atoms with E-state index >= 15 is 4.39 Å². The Balaban J connectivity index is 1.45. The molecule has 2 aliphatic rings. The van der Waals surface area contributed by atoms with Crippen LogP contribution in [0.5, 0.6) is 0 Å². The van der Waals surface area contributed by atoms with E-state index in [1.54, 1.807) is 25.4 Å². The van der Waals surface area contributed by atoms with Crippen LogP contribution in [0.25, 0.3) is 11.1 Å². The summed E-state index contributed by atoms with van der Waals surface area (Å²) in [5.74, 6) is -1.44. The van der Waals surface area contributed by atoms with Crippen LogP contribution in [-0.2, 0) is 29.7 Å². The van der Waals surface area contributed by atoms with E-state index < -0.39 is 25.8 Å². The van der Waals surface area contributed by atoms with Crippen LogP contribution in [0.1, 0.15) is 104 Å². The number of rotatable bonds is 14. The lowest BCUT2D eigenvalue weighted by atomic mass is 9.63. The number of carbonyl (C=O) groups excluding carboxylic acids is 2. The van der Waals surface area contributed by atoms with E-state index in [9.17, 15) is 9.59 Å². The van der Waals surface area contributed by atoms with E-state index in [-0.39, 0.29) is 23.3 Å². The van der Waals surface area contributed by atoms with Gasteiger partial charge in [-0.05, 0) is 49.3 Å². The van der Waals surface area contributed by atoms with Gasteiger partial charge in [0.1, 0.15) is 18.2 Å². The molecule has 3 aromatic heterocycles. The number of aryl methyl sites for hydroxylation is 2. The Hall–Kier alpha value is -3.38. The summed E-state index contributed by atoms with van der Waals surface area (Å²) in [6.07, 6.45) is 13.4. The molecule has 1 unspecified atom stereocenters. The van der Waals surface area contributed by atoms with Gasteiger partial charge in [0.25, 0.3) is 5.91 Å². The van der Waals surface area contributed by atoms with E-state index in [1.165, 1.54) is 17.5 Å². The highest BCUT2D eigenvalue weighted by Gasteiger charge is 2.43. The zero-order chi connectivity index (χ0) is 35.3. The highest BCUT2D eigenvalue weighted by molar-refractivity contribution is 6.76. The average molecular weight is 694 g/mol. The molecule has 3 N–H and O–H groups in total. The molecule has 0 bridgehead atoms. The van der Waals surface area contributed by atoms with E-state index in [4.69, 9.17) is 10.5 Å². The number of ether oxygens (including phenoxy) is 1. The van der Waals surface area contributed by atoms with Crippen molar-refractivity contribution in [3.05, 3.63) is 46.9 Å². The van der Waals surface area contributed by atoms with Crippen molar-refractivity contribution in [3.8, 4) is 11.1 Å². The summed E-state index contributed by atoms with van der Waals surface area (Å²) in [5, 5.41) is 12.0. The number of amides is 2. The summed E-state index contributed by atoms with van der Waals surface area (Å²) in [4.78, 5) is 31.5. The highest BCUT2D eigenvalue weighted by atomic mass is 28.3. The standard InChI is InChI=1S/C37H56FN7O3Si/c1-7-29-31(24(2)43-45(29)23-48-20-21-49(4,5)6)27-18-19-30(41-35(27)38)42-37(47)33(28-22-40-44(3)34(28)36(39)46)32(25-14-10-8-11-15-25)26-16-12-9-13-17-26/h18-19,22,25-26,32-33H,7-17,20-21,23H2,1-6H3,(H2,39,46)(H,41,42,47). The number of halogens is 1. The van der Waals surface area contributed by atoms with Crippen LogP contribution in [0.4, 0.5) is 10.2 Å². The Bertz CT molecular complexity index is 1580. The van der Waals surface area contributed by atoms with Crippen LogP contribution in [0.3, 0.4) is 0 Å². The average Bonchev–Trinajstić information content (AvgIpc) is 3.60. The fourth-order valence-corrected chi connectivity index (χ4v) is 9.10. The summed E-state index contributed by atoms with van der Waals surface area (Å²) in [7, 11) is 0.454. The Kier molecular flexibility index (Phi) is 12.1. The summed E-state index contributed by atoms with van der Waals surface area (Å²) in [5.41, 5.74) is 9.29. The zero-order valence-electron chi connectivity index (χ0n) is 30.4. The van der Waals surface area contributed by atoms with Gasteiger partial charge in [-0.2, -0.15) is 14.6 Å². The molecular weight excluding hydrogens is 638 g/mol. The number of carbonyl (C=O) groups is 2. The number of nitrogens with one attached hydrogen (secondary N) is 1. The van der Waals surface area contributed by atoms with Gasteiger partial charge in [-0.25, -0.2) is 9.67 Å². The minimum Gasteiger partial charge on any atom is -0.364 e. The normalized spacial score (nSPS) is 17.1. The molecule has 0 radical (unpaired) electrons. The van der Waals surface area contributed by atoms with Gasteiger partial charge in [-0.15, -0.1) is 0 Å². The van der Waals surface area contributed by atoms with Gasteiger partial charge in [0.15, 0.2) is 0 Å². The van der Waals surface area contributed by atoms with Crippen LogP contribution in [0.2, 0.25) is 25.7 Å². The third kappa shape index (κ3) is 8.68. The van der Waals surface area contributed by atoms with Crippen molar-refractivity contribution in [2.75, 3.05) is 11.9 Å². The van der Waals surface area contributed by atoms with Crippen LogP contribution >= 0.6 is 0 Å². The first-order valence-corrected chi connectivity index (χ1v) is 22.0. The molecule has 2 fully saturated rings. The Morgan fingerprint density at radius 1 is 1.06 bits per heavy atom. The predicted molar refractivity (Wildman–Crippen MR) is 193 cm³/mol. The molecule has 0 aliphatic heterocycles. The third-order valence-corrected chi connectivity index (χ3v) is 12.4. The number of anilines is 1. The minimum atomic E-state index is -1.23. The number of hydrogen-bond donors (Lipinski definition) is 2. The summed E-state index contributed by atoms with van der Waals surface area (Å²) >= 11 is 0. The van der Waals surface area contributed by atoms with Crippen LogP contribution < -0.4 is 11.1 Å². The number of nitrogens with zero attached hydrogens (tertiary/aromatic N) is 5. The van der Waals surface area contributed by atoms with Crippen molar-refractivity contribution in [3.63, 3.8) is 0 Å². The quantitative estimate of drug-likeness (QED) is 0.102. The monoisotopic (exact) mass is 693 g/mol. The second kappa shape index (κ2) is 16.1. The Morgan fingerprint density at radius 2 is 1.69 bits per heavy atom. The van der Waals surface area contributed by atoms with Crippen molar-refractivity contribution in [2.24, 2.45) is 30.5 Å². The van der Waals surface area contributed by atoms with Gasteiger partial charge < -0.3 is 15.8 Å². The van der Waals surface area contributed by atoms with Crippen molar-refractivity contribution in [1.82, 2.24) is 24.5 Å². The molecule has 5 rings (SSSR count). The fourth-order valence-electron chi connectivity index (χ4n) is 8.34. The first kappa shape index (κ1) is 36.9. The smallest absolute Gasteiger partial charge is 0.267 e. The van der Waals surface area contributed by atoms with Gasteiger partial charge in [0.2, 0.25) is 11.9 Å². The van der Waals surface area contributed by atoms with Crippen molar-refractivity contribution < 1.29 is 18.7 Å². The maximum atomic E-state index is 16.0. The fraction of sp³-hybridized carbons (Fsp3) is 0.649. The lowest BCUT2D eigenvalue weighted by Gasteiger charge is -2.41. The lowest BCUT2D eigenvalue weighted by molar-refractivity contribution is -0.120. The number of primary amides is 1. The molecule has 0 spiro atoms. The molecule has 3 aromatic rings. The molecule has 0 aromatic carbocycles. The molecule has 49 heavy (non-hydrogen) atoms. The molecule has 1 atom stereocenters. The summed E-state index contributed by atoms with van der Waals surface area (Å²) in [6, 6.07) is 4.38. The van der Waals surface area contributed by atoms with Crippen LogP contribution in [0.15, 0.2) is 18.3 Å². The number of nitrogens with two attached hydrogens (primary N) is 1. The van der Waals surface area contributed by atoms with E-state index in [0.29, 0.717) is 54.0 Å². The first-order chi connectivity index (χ1) is 23.4. The van der Waals surface area contributed by atoms with E-state index in [2.05, 4.69) is 40.1 Å². The third-order valence-electron chi connectivity index (χ3n) is 10.7. The van der Waals surface area contributed by atoms with Gasteiger partial charge >= 0.3 is 0 Å². The number of aromatic nitrogens is 5. The molecular formula is C37H56FN7O3Si. The molecule has 268 valence electrons. The largest absolute Gasteiger partial charge is 0.364 e. The Labute approximate surface area is 291 Å². The number of pyridine rings is 1. The lowest BCUT2D eigenvalue weighted by Crippen LogP contribution is -2.39. The SMILES string of the molecule is CCc1c(-c2ccc(NC(=O)C(c3cnn(C)c3C(N)=O)C(C3CCCCC3)C3CCCCC3)nc2F)c(C)nn1COCC[Si](C)(C)C. The second-order valence-corrected chi connectivity index (χ2v) is 21.0. The molecule has 2 amide bonds. The predicted octanol–water partition coefficient (Wildman–Crippen LogP) is 7.60. The number of hydrogen-bond acceptors (Lipinski definition) is 6. The maximum Gasteiger partial charge on any atom is 0.267 e. The van der Waals surface area contributed by atoms with Crippen molar-refractivity contribution in [1.29, 1.82) is 0 Å². The van der Waals surface area contributed by atoms with Crippen molar-refractivity contribution in [2.45, 2.75) is 123 Å². The van der Waals surface area contributed by atoms with Gasteiger partial charge in [0, 0.05) is 44.1 Å². The van der Waals surface area contributed by atoms with Crippen LogP contribution in [0, 0.1) is 30.6 Å². The van der Waals surface area contributed by atoms with E-state index in [1.807, 2.05) is 18.5 Å². The van der Waals surface area contributed by atoms with Crippen LogP contribution in [-0.4, -0.2) is 51.0 Å². The molecule has 10 nitrogen and oxygen atoms in total. The van der Waals surface area contributed by atoms with Gasteiger partial charge in [0.05, 0.1) is 17.8 Å². The van der Waals surface area contributed by atoms with Gasteiger partial charge in [-0.3, -0.25) is 14.3 Å². The maximum absolute atomic E-state index is 16.0. The second-order valence-electron chi connectivity index (χ2n) is 15.4. The highest BCUT2D eigenvalue weighted by Crippen LogP contribution is 2.48. The molecule has 3 heterocycles.